The molecule has 4 rings (SSSR count). The molecule has 0 saturated heterocycles. The van der Waals surface area contributed by atoms with Crippen LogP contribution in [0.2, 0.25) is 0 Å². The van der Waals surface area contributed by atoms with Crippen molar-refractivity contribution in [2.75, 3.05) is 0 Å². The lowest BCUT2D eigenvalue weighted by Gasteiger charge is -2.55. The number of aliphatic hydroxyl groups is 1. The second-order valence-electron chi connectivity index (χ2n) is 8.71. The summed E-state index contributed by atoms with van der Waals surface area (Å²) in [6.07, 6.45) is 14.5. The maximum atomic E-state index is 9.99. The van der Waals surface area contributed by atoms with Gasteiger partial charge in [0, 0.05) is 0 Å². The summed E-state index contributed by atoms with van der Waals surface area (Å²) in [5, 5.41) is 9.99. The highest BCUT2D eigenvalue weighted by Crippen LogP contribution is 2.63. The lowest BCUT2D eigenvalue weighted by atomic mass is 9.50. The molecule has 0 aliphatic heterocycles. The van der Waals surface area contributed by atoms with E-state index in [4.69, 9.17) is 0 Å². The van der Waals surface area contributed by atoms with Gasteiger partial charge in [0.25, 0.3) is 0 Å². The first kappa shape index (κ1) is 14.3. The second-order valence-corrected chi connectivity index (χ2v) is 8.71. The Morgan fingerprint density at radius 3 is 2.62 bits per heavy atom. The van der Waals surface area contributed by atoms with E-state index in [1.165, 1.54) is 44.9 Å². The van der Waals surface area contributed by atoms with Crippen molar-refractivity contribution in [2.24, 2.45) is 35.0 Å². The topological polar surface area (TPSA) is 20.2 Å². The lowest BCUT2D eigenvalue weighted by Crippen LogP contribution is -2.48. The minimum absolute atomic E-state index is 0.0118. The van der Waals surface area contributed by atoms with Gasteiger partial charge >= 0.3 is 0 Å². The largest absolute Gasteiger partial charge is 0.393 e. The fraction of sp³-hybridized carbons (Fsp3) is 0.900. The van der Waals surface area contributed by atoms with Gasteiger partial charge in [-0.25, -0.2) is 0 Å². The van der Waals surface area contributed by atoms with E-state index in [1.807, 2.05) is 0 Å². The molecule has 0 amide bonds. The highest BCUT2D eigenvalue weighted by molar-refractivity contribution is 5.23. The summed E-state index contributed by atoms with van der Waals surface area (Å²) in [5.41, 5.74) is 2.31. The van der Waals surface area contributed by atoms with Crippen LogP contribution in [-0.4, -0.2) is 11.2 Å². The molecule has 0 radical (unpaired) electrons. The van der Waals surface area contributed by atoms with Crippen LogP contribution in [0.4, 0.5) is 0 Å². The summed E-state index contributed by atoms with van der Waals surface area (Å²) in [6, 6.07) is 0. The standard InChI is InChI=1S/C20H32O/c1-3-14-5-9-19-18-7-4-13-12-15(21)6-8-16(13)17(18)10-11-20(14,19)2/h3,13,15-19,21H,4-12H2,1-2H3/b14-3+/t13-,15+,16+,17-,18-,19+,20-/m1/s1. The molecule has 4 saturated carbocycles. The summed E-state index contributed by atoms with van der Waals surface area (Å²) < 4.78 is 0. The van der Waals surface area contributed by atoms with E-state index in [-0.39, 0.29) is 6.10 Å². The van der Waals surface area contributed by atoms with E-state index in [2.05, 4.69) is 19.9 Å². The Labute approximate surface area is 130 Å². The molecular formula is C20H32O. The average Bonchev–Trinajstić information content (AvgIpc) is 2.83. The summed E-state index contributed by atoms with van der Waals surface area (Å²) in [7, 11) is 0. The molecular weight excluding hydrogens is 256 g/mol. The number of hydrogen-bond donors (Lipinski definition) is 1. The van der Waals surface area contributed by atoms with Gasteiger partial charge in [-0.2, -0.15) is 0 Å². The molecule has 0 spiro atoms. The molecule has 0 aromatic rings. The normalized spacial score (nSPS) is 54.9. The predicted octanol–water partition coefficient (Wildman–Crippen LogP) is 4.95. The van der Waals surface area contributed by atoms with Crippen LogP contribution in [-0.2, 0) is 0 Å². The molecule has 1 N–H and O–H groups in total. The molecule has 4 aliphatic rings. The van der Waals surface area contributed by atoms with Crippen molar-refractivity contribution in [1.82, 2.24) is 0 Å². The molecule has 1 nitrogen and oxygen atoms in total. The van der Waals surface area contributed by atoms with Gasteiger partial charge in [-0.05, 0) is 99.7 Å². The number of hydrogen-bond acceptors (Lipinski definition) is 1. The van der Waals surface area contributed by atoms with Crippen LogP contribution < -0.4 is 0 Å². The fourth-order valence-electron chi connectivity index (χ4n) is 7.15. The number of fused-ring (bicyclic) bond motifs is 5. The van der Waals surface area contributed by atoms with E-state index < -0.39 is 0 Å². The van der Waals surface area contributed by atoms with Crippen molar-refractivity contribution in [2.45, 2.75) is 77.7 Å². The van der Waals surface area contributed by atoms with E-state index in [9.17, 15) is 5.11 Å². The summed E-state index contributed by atoms with van der Waals surface area (Å²) in [4.78, 5) is 0. The average molecular weight is 288 g/mol. The molecule has 1 heteroatoms. The minimum atomic E-state index is 0.0118. The summed E-state index contributed by atoms with van der Waals surface area (Å²) in [5.74, 6) is 4.76. The Kier molecular flexibility index (Phi) is 3.48. The molecule has 0 heterocycles. The van der Waals surface area contributed by atoms with Crippen molar-refractivity contribution in [3.8, 4) is 0 Å². The highest BCUT2D eigenvalue weighted by atomic mass is 16.3. The van der Waals surface area contributed by atoms with E-state index >= 15 is 0 Å². The third-order valence-electron chi connectivity index (χ3n) is 8.12. The Balaban J connectivity index is 1.58. The first-order valence-corrected chi connectivity index (χ1v) is 9.47. The predicted molar refractivity (Wildman–Crippen MR) is 86.9 cm³/mol. The number of aliphatic hydroxyl groups excluding tert-OH is 1. The Morgan fingerprint density at radius 1 is 1.00 bits per heavy atom. The van der Waals surface area contributed by atoms with E-state index in [0.29, 0.717) is 5.41 Å². The summed E-state index contributed by atoms with van der Waals surface area (Å²) >= 11 is 0. The molecule has 0 aromatic heterocycles. The molecule has 4 aliphatic carbocycles. The van der Waals surface area contributed by atoms with Crippen molar-refractivity contribution in [1.29, 1.82) is 0 Å². The fourth-order valence-corrected chi connectivity index (χ4v) is 7.15. The number of rotatable bonds is 0. The van der Waals surface area contributed by atoms with Crippen LogP contribution in [0.5, 0.6) is 0 Å². The van der Waals surface area contributed by atoms with Gasteiger partial charge in [0.2, 0.25) is 0 Å². The minimum Gasteiger partial charge on any atom is -0.393 e. The van der Waals surface area contributed by atoms with Gasteiger partial charge in [0.15, 0.2) is 0 Å². The Hall–Kier alpha value is -0.300. The Bertz CT molecular complexity index is 439. The first-order chi connectivity index (χ1) is 10.1. The van der Waals surface area contributed by atoms with Crippen molar-refractivity contribution < 1.29 is 5.11 Å². The van der Waals surface area contributed by atoms with Gasteiger partial charge in [0.05, 0.1) is 6.10 Å². The molecule has 118 valence electrons. The number of allylic oxidation sites excluding steroid dienone is 2. The SMILES string of the molecule is C/C=C1\CC[C@H]2[C@@H]3CC[C@@H]4C[C@@H](O)CC[C@@H]4[C@H]3CC[C@]12C. The van der Waals surface area contributed by atoms with Crippen LogP contribution in [0.1, 0.15) is 71.6 Å². The van der Waals surface area contributed by atoms with Crippen LogP contribution in [0.15, 0.2) is 11.6 Å². The molecule has 0 aromatic carbocycles. The van der Waals surface area contributed by atoms with Gasteiger partial charge in [-0.15, -0.1) is 0 Å². The van der Waals surface area contributed by atoms with E-state index in [1.54, 1.807) is 5.57 Å². The lowest BCUT2D eigenvalue weighted by molar-refractivity contribution is -0.0610. The van der Waals surface area contributed by atoms with Gasteiger partial charge in [-0.1, -0.05) is 18.6 Å². The molecule has 4 fully saturated rings. The zero-order chi connectivity index (χ0) is 14.6. The van der Waals surface area contributed by atoms with Gasteiger partial charge < -0.3 is 5.11 Å². The first-order valence-electron chi connectivity index (χ1n) is 9.47. The molecule has 0 bridgehead atoms. The van der Waals surface area contributed by atoms with E-state index in [0.717, 1.165) is 42.4 Å². The van der Waals surface area contributed by atoms with Gasteiger partial charge in [-0.3, -0.25) is 0 Å². The van der Waals surface area contributed by atoms with Gasteiger partial charge in [0.1, 0.15) is 0 Å². The monoisotopic (exact) mass is 288 g/mol. The third-order valence-corrected chi connectivity index (χ3v) is 8.12. The zero-order valence-electron chi connectivity index (χ0n) is 13.9. The molecule has 0 unspecified atom stereocenters. The Morgan fingerprint density at radius 2 is 1.81 bits per heavy atom. The maximum Gasteiger partial charge on any atom is 0.0543 e. The highest BCUT2D eigenvalue weighted by Gasteiger charge is 2.54. The van der Waals surface area contributed by atoms with Crippen LogP contribution in [0, 0.1) is 35.0 Å². The maximum absolute atomic E-state index is 9.99. The quantitative estimate of drug-likeness (QED) is 0.626. The molecule has 21 heavy (non-hydrogen) atoms. The van der Waals surface area contributed by atoms with Crippen molar-refractivity contribution in [3.05, 3.63) is 11.6 Å². The second kappa shape index (κ2) is 5.11. The van der Waals surface area contributed by atoms with Crippen LogP contribution in [0.3, 0.4) is 0 Å². The third kappa shape index (κ3) is 2.06. The van der Waals surface area contributed by atoms with Crippen molar-refractivity contribution >= 4 is 0 Å². The summed E-state index contributed by atoms with van der Waals surface area (Å²) in [6.45, 7) is 4.83. The van der Waals surface area contributed by atoms with Crippen LogP contribution in [0.25, 0.3) is 0 Å². The van der Waals surface area contributed by atoms with Crippen molar-refractivity contribution in [3.63, 3.8) is 0 Å². The zero-order valence-corrected chi connectivity index (χ0v) is 13.9. The molecule has 7 atom stereocenters. The van der Waals surface area contributed by atoms with Crippen LogP contribution >= 0.6 is 0 Å². The smallest absolute Gasteiger partial charge is 0.0543 e.